The van der Waals surface area contributed by atoms with E-state index in [0.29, 0.717) is 11.6 Å². The number of nitrogens with zero attached hydrogens (tertiary/aromatic N) is 4. The van der Waals surface area contributed by atoms with E-state index in [-0.39, 0.29) is 0 Å². The normalized spacial score (nSPS) is 11.5. The van der Waals surface area contributed by atoms with E-state index in [2.05, 4.69) is 131 Å². The number of para-hydroxylation sites is 2. The van der Waals surface area contributed by atoms with Crippen LogP contribution in [0.15, 0.2) is 215 Å². The largest absolute Gasteiger partial charge is 0.456 e. The fourth-order valence-corrected chi connectivity index (χ4v) is 8.52. The topological polar surface area (TPSA) is 77.8 Å². The molecule has 0 aliphatic heterocycles. The lowest BCUT2D eigenvalue weighted by Crippen LogP contribution is -1.96. The van der Waals surface area contributed by atoms with Crippen molar-refractivity contribution in [3.8, 4) is 78.7 Å². The highest BCUT2D eigenvalue weighted by molar-refractivity contribution is 6.17. The molecule has 290 valence electrons. The average Bonchev–Trinajstić information content (AvgIpc) is 3.93. The van der Waals surface area contributed by atoms with E-state index in [4.69, 9.17) is 18.8 Å². The first-order chi connectivity index (χ1) is 30.7. The molecule has 6 heteroatoms. The molecule has 0 spiro atoms. The molecule has 0 saturated carbocycles. The van der Waals surface area contributed by atoms with Crippen molar-refractivity contribution in [3.05, 3.63) is 207 Å². The average molecular weight is 795 g/mol. The van der Waals surface area contributed by atoms with Crippen LogP contribution in [0.1, 0.15) is 0 Å². The smallest absolute Gasteiger partial charge is 0.160 e. The Bertz CT molecular complexity index is 3600. The van der Waals surface area contributed by atoms with Crippen molar-refractivity contribution in [3.63, 3.8) is 0 Å². The fourth-order valence-electron chi connectivity index (χ4n) is 8.52. The summed E-state index contributed by atoms with van der Waals surface area (Å²) in [4.78, 5) is 19.5. The van der Waals surface area contributed by atoms with E-state index >= 15 is 0 Å². The molecule has 0 aliphatic carbocycles. The highest BCUT2D eigenvalue weighted by atomic mass is 16.3. The van der Waals surface area contributed by atoms with Crippen LogP contribution in [0.4, 0.5) is 0 Å². The molecule has 4 aromatic heterocycles. The number of fused-ring (bicyclic) bond motifs is 6. The van der Waals surface area contributed by atoms with Gasteiger partial charge in [-0.25, -0.2) is 19.9 Å². The summed E-state index contributed by atoms with van der Waals surface area (Å²) in [5.41, 5.74) is 15.3. The zero-order valence-electron chi connectivity index (χ0n) is 33.2. The predicted molar refractivity (Wildman–Crippen MR) is 250 cm³/mol. The second-order valence-corrected chi connectivity index (χ2v) is 15.4. The zero-order chi connectivity index (χ0) is 41.0. The Kier molecular flexibility index (Phi) is 8.38. The van der Waals surface area contributed by atoms with Gasteiger partial charge in [-0.1, -0.05) is 158 Å². The number of aromatic nitrogens is 4. The summed E-state index contributed by atoms with van der Waals surface area (Å²) in [7, 11) is 0. The number of furan rings is 2. The molecule has 0 N–H and O–H groups in total. The van der Waals surface area contributed by atoms with Gasteiger partial charge in [0.2, 0.25) is 0 Å². The number of hydrogen-bond acceptors (Lipinski definition) is 6. The molecule has 0 fully saturated rings. The van der Waals surface area contributed by atoms with Crippen LogP contribution in [0.25, 0.3) is 123 Å². The minimum Gasteiger partial charge on any atom is -0.456 e. The Morgan fingerprint density at radius 3 is 1.55 bits per heavy atom. The first-order valence-corrected chi connectivity index (χ1v) is 20.6. The summed E-state index contributed by atoms with van der Waals surface area (Å²) in [6.45, 7) is 0. The monoisotopic (exact) mass is 794 g/mol. The van der Waals surface area contributed by atoms with Crippen LogP contribution >= 0.6 is 0 Å². The van der Waals surface area contributed by atoms with Gasteiger partial charge in [0.25, 0.3) is 0 Å². The first kappa shape index (κ1) is 35.5. The van der Waals surface area contributed by atoms with Gasteiger partial charge in [-0.05, 0) is 58.7 Å². The third kappa shape index (κ3) is 6.21. The molecule has 0 saturated heterocycles. The first-order valence-electron chi connectivity index (χ1n) is 20.6. The van der Waals surface area contributed by atoms with Gasteiger partial charge in [0.15, 0.2) is 11.6 Å². The highest BCUT2D eigenvalue weighted by Gasteiger charge is 2.19. The van der Waals surface area contributed by atoms with E-state index in [0.717, 1.165) is 111 Å². The summed E-state index contributed by atoms with van der Waals surface area (Å²) in [5.74, 6) is 1.35. The van der Waals surface area contributed by atoms with Crippen LogP contribution in [0, 0.1) is 0 Å². The van der Waals surface area contributed by atoms with E-state index in [1.54, 1.807) is 0 Å². The number of benzene rings is 8. The van der Waals surface area contributed by atoms with Crippen molar-refractivity contribution in [2.45, 2.75) is 0 Å². The SMILES string of the molecule is c1ccc(-c2cc(-c3ccc(-c4ccc(-c5ccc6oc7ccccc7c6c5)c5c4oc4ccccc45)cc3)nc(-c3ccc(-c4cnc(-c5ccccc5)nc4)cc3)n2)cc1. The molecule has 0 aliphatic rings. The van der Waals surface area contributed by atoms with Crippen molar-refractivity contribution in [1.29, 1.82) is 0 Å². The molecule has 0 radical (unpaired) electrons. The van der Waals surface area contributed by atoms with E-state index in [9.17, 15) is 0 Å². The van der Waals surface area contributed by atoms with Gasteiger partial charge in [0.05, 0.1) is 11.4 Å². The Balaban J connectivity index is 0.908. The van der Waals surface area contributed by atoms with E-state index in [1.165, 1.54) is 0 Å². The van der Waals surface area contributed by atoms with Crippen LogP contribution in [0.5, 0.6) is 0 Å². The Labute approximate surface area is 356 Å². The molecule has 8 aromatic carbocycles. The molecule has 12 aromatic rings. The maximum absolute atomic E-state index is 6.70. The summed E-state index contributed by atoms with van der Waals surface area (Å²) < 4.78 is 12.9. The van der Waals surface area contributed by atoms with Crippen molar-refractivity contribution >= 4 is 43.9 Å². The minimum atomic E-state index is 0.647. The maximum Gasteiger partial charge on any atom is 0.160 e. The quantitative estimate of drug-likeness (QED) is 0.160. The standard InChI is InChI=1S/C56H34N4O2/c1-3-11-37(12-4-1)48-32-49(60-56(59-48)40-25-19-35(20-26-40)42-33-57-55(58-34-42)39-13-5-2-6-14-39)38-23-21-36(22-24-38)44-29-28-43(53-46-16-8-10-18-51(46)62-54(44)53)41-27-30-52-47(31-41)45-15-7-9-17-50(45)61-52/h1-34H. The summed E-state index contributed by atoms with van der Waals surface area (Å²) in [5, 5.41) is 4.37. The van der Waals surface area contributed by atoms with E-state index in [1.807, 2.05) is 85.2 Å². The lowest BCUT2D eigenvalue weighted by Gasteiger charge is -2.11. The lowest BCUT2D eigenvalue weighted by molar-refractivity contribution is 0.669. The van der Waals surface area contributed by atoms with Crippen LogP contribution in [-0.2, 0) is 0 Å². The van der Waals surface area contributed by atoms with Gasteiger partial charge < -0.3 is 8.83 Å². The molecule has 12 rings (SSSR count). The van der Waals surface area contributed by atoms with Gasteiger partial charge >= 0.3 is 0 Å². The highest BCUT2D eigenvalue weighted by Crippen LogP contribution is 2.43. The van der Waals surface area contributed by atoms with Gasteiger partial charge in [0, 0.05) is 67.3 Å². The molecular weight excluding hydrogens is 761 g/mol. The van der Waals surface area contributed by atoms with Crippen molar-refractivity contribution < 1.29 is 8.83 Å². The lowest BCUT2D eigenvalue weighted by atomic mass is 9.93. The molecule has 4 heterocycles. The third-order valence-corrected chi connectivity index (χ3v) is 11.7. The molecule has 62 heavy (non-hydrogen) atoms. The number of hydrogen-bond donors (Lipinski definition) is 0. The maximum atomic E-state index is 6.70. The van der Waals surface area contributed by atoms with Crippen LogP contribution in [0.3, 0.4) is 0 Å². The zero-order valence-corrected chi connectivity index (χ0v) is 33.2. The minimum absolute atomic E-state index is 0.647. The predicted octanol–water partition coefficient (Wildman–Crippen LogP) is 14.7. The van der Waals surface area contributed by atoms with Crippen molar-refractivity contribution in [2.24, 2.45) is 0 Å². The molecule has 0 bridgehead atoms. The Morgan fingerprint density at radius 1 is 0.306 bits per heavy atom. The van der Waals surface area contributed by atoms with Gasteiger partial charge in [0.1, 0.15) is 22.3 Å². The second kappa shape index (κ2) is 14.7. The van der Waals surface area contributed by atoms with Gasteiger partial charge in [-0.15, -0.1) is 0 Å². The molecule has 0 amide bonds. The van der Waals surface area contributed by atoms with Crippen LogP contribution < -0.4 is 0 Å². The third-order valence-electron chi connectivity index (χ3n) is 11.7. The van der Waals surface area contributed by atoms with Gasteiger partial charge in [-0.2, -0.15) is 0 Å². The van der Waals surface area contributed by atoms with Gasteiger partial charge in [-0.3, -0.25) is 0 Å². The Hall–Kier alpha value is -8.48. The number of rotatable bonds is 7. The molecule has 0 atom stereocenters. The second-order valence-electron chi connectivity index (χ2n) is 15.4. The van der Waals surface area contributed by atoms with Crippen LogP contribution in [-0.4, -0.2) is 19.9 Å². The Morgan fingerprint density at radius 2 is 0.823 bits per heavy atom. The van der Waals surface area contributed by atoms with Crippen LogP contribution in [0.2, 0.25) is 0 Å². The summed E-state index contributed by atoms with van der Waals surface area (Å²) >= 11 is 0. The molecule has 6 nitrogen and oxygen atoms in total. The van der Waals surface area contributed by atoms with Crippen molar-refractivity contribution in [2.75, 3.05) is 0 Å². The van der Waals surface area contributed by atoms with Crippen molar-refractivity contribution in [1.82, 2.24) is 19.9 Å². The fraction of sp³-hybridized carbons (Fsp3) is 0. The van der Waals surface area contributed by atoms with E-state index < -0.39 is 0 Å². The molecule has 0 unspecified atom stereocenters. The molecular formula is C56H34N4O2. The summed E-state index contributed by atoms with van der Waals surface area (Å²) in [6, 6.07) is 66.5. The summed E-state index contributed by atoms with van der Waals surface area (Å²) in [6.07, 6.45) is 3.74.